The first kappa shape index (κ1) is 25.6. The van der Waals surface area contributed by atoms with Crippen molar-refractivity contribution in [3.8, 4) is 5.75 Å². The zero-order valence-corrected chi connectivity index (χ0v) is 19.5. The maximum absolute atomic E-state index is 12.4. The molecule has 1 aromatic carbocycles. The van der Waals surface area contributed by atoms with E-state index >= 15 is 0 Å². The summed E-state index contributed by atoms with van der Waals surface area (Å²) >= 11 is 0. The maximum atomic E-state index is 12.4. The van der Waals surface area contributed by atoms with Gasteiger partial charge >= 0.3 is 0 Å². The molecule has 7 heteroatoms. The Bertz CT molecular complexity index is 804. The Balaban J connectivity index is 1.72. The molecular weight excluding hydrogens is 404 g/mol. The zero-order valence-electron chi connectivity index (χ0n) is 19.5. The molecule has 0 aliphatic heterocycles. The first-order valence-electron chi connectivity index (χ1n) is 11.6. The monoisotopic (exact) mass is 442 g/mol. The second-order valence-corrected chi connectivity index (χ2v) is 7.94. The van der Waals surface area contributed by atoms with Gasteiger partial charge in [-0.1, -0.05) is 38.0 Å². The molecule has 0 bridgehead atoms. The van der Waals surface area contributed by atoms with E-state index in [1.165, 1.54) is 12.2 Å². The van der Waals surface area contributed by atoms with E-state index in [1.54, 1.807) is 7.11 Å². The number of carbonyl (C=O) groups is 2. The van der Waals surface area contributed by atoms with Gasteiger partial charge in [0.15, 0.2) is 0 Å². The highest BCUT2D eigenvalue weighted by Gasteiger charge is 2.19. The SMILES string of the molecule is CCN(CCCNC1=CC(=O)C(NCCCCCCN)=CC1=O)Cc1ccccc1OC. The van der Waals surface area contributed by atoms with Crippen LogP contribution in [0.3, 0.4) is 0 Å². The van der Waals surface area contributed by atoms with Crippen LogP contribution in [0.25, 0.3) is 0 Å². The topological polar surface area (TPSA) is 96.7 Å². The van der Waals surface area contributed by atoms with Gasteiger partial charge in [-0.15, -0.1) is 0 Å². The van der Waals surface area contributed by atoms with Crippen LogP contribution in [0.5, 0.6) is 5.75 Å². The van der Waals surface area contributed by atoms with E-state index in [9.17, 15) is 9.59 Å². The number of benzene rings is 1. The van der Waals surface area contributed by atoms with Gasteiger partial charge in [0, 0.05) is 43.9 Å². The number of para-hydroxylation sites is 1. The summed E-state index contributed by atoms with van der Waals surface area (Å²) < 4.78 is 5.44. The van der Waals surface area contributed by atoms with Gasteiger partial charge in [0.25, 0.3) is 0 Å². The van der Waals surface area contributed by atoms with Gasteiger partial charge in [-0.3, -0.25) is 14.5 Å². The molecule has 1 aliphatic carbocycles. The number of nitrogens with zero attached hydrogens (tertiary/aromatic N) is 1. The van der Waals surface area contributed by atoms with Crippen LogP contribution >= 0.6 is 0 Å². The van der Waals surface area contributed by atoms with Crippen molar-refractivity contribution >= 4 is 11.6 Å². The molecule has 0 saturated carbocycles. The average Bonchev–Trinajstić information content (AvgIpc) is 2.80. The van der Waals surface area contributed by atoms with Crippen LogP contribution in [-0.2, 0) is 16.1 Å². The maximum Gasteiger partial charge on any atom is 0.203 e. The van der Waals surface area contributed by atoms with Crippen molar-refractivity contribution in [3.05, 3.63) is 53.4 Å². The molecule has 176 valence electrons. The summed E-state index contributed by atoms with van der Waals surface area (Å²) in [5, 5.41) is 6.23. The third-order valence-corrected chi connectivity index (χ3v) is 5.53. The van der Waals surface area contributed by atoms with Gasteiger partial charge in [-0.05, 0) is 38.4 Å². The number of hydrogen-bond acceptors (Lipinski definition) is 7. The molecule has 1 aliphatic rings. The summed E-state index contributed by atoms with van der Waals surface area (Å²) in [5.41, 5.74) is 7.40. The van der Waals surface area contributed by atoms with Crippen molar-refractivity contribution in [1.82, 2.24) is 15.5 Å². The van der Waals surface area contributed by atoms with E-state index in [1.807, 2.05) is 18.2 Å². The minimum absolute atomic E-state index is 0.152. The number of unbranched alkanes of at least 4 members (excludes halogenated alkanes) is 3. The number of carbonyl (C=O) groups excluding carboxylic acids is 2. The highest BCUT2D eigenvalue weighted by atomic mass is 16.5. The summed E-state index contributed by atoms with van der Waals surface area (Å²) in [4.78, 5) is 27.0. The fourth-order valence-corrected chi connectivity index (χ4v) is 3.63. The largest absolute Gasteiger partial charge is 0.496 e. The molecule has 4 N–H and O–H groups in total. The number of allylic oxidation sites excluding steroid dienone is 2. The fourth-order valence-electron chi connectivity index (χ4n) is 3.63. The molecule has 0 fully saturated rings. The second-order valence-electron chi connectivity index (χ2n) is 7.94. The van der Waals surface area contributed by atoms with Crippen LogP contribution in [0.4, 0.5) is 0 Å². The van der Waals surface area contributed by atoms with Crippen LogP contribution in [0, 0.1) is 0 Å². The highest BCUT2D eigenvalue weighted by molar-refractivity contribution is 6.19. The lowest BCUT2D eigenvalue weighted by Crippen LogP contribution is -2.31. The Morgan fingerprint density at radius 1 is 0.906 bits per heavy atom. The predicted molar refractivity (Wildman–Crippen MR) is 128 cm³/mol. The van der Waals surface area contributed by atoms with Crippen LogP contribution in [0.2, 0.25) is 0 Å². The van der Waals surface area contributed by atoms with E-state index < -0.39 is 0 Å². The number of nitrogens with two attached hydrogens (primary N) is 1. The molecule has 0 aromatic heterocycles. The van der Waals surface area contributed by atoms with Crippen LogP contribution in [0.15, 0.2) is 47.8 Å². The molecule has 0 amide bonds. The van der Waals surface area contributed by atoms with Gasteiger partial charge in [0.2, 0.25) is 11.6 Å². The lowest BCUT2D eigenvalue weighted by atomic mass is 10.1. The molecule has 0 atom stereocenters. The summed E-state index contributed by atoms with van der Waals surface area (Å²) in [6.07, 6.45) is 7.81. The Morgan fingerprint density at radius 2 is 1.53 bits per heavy atom. The molecule has 0 heterocycles. The molecule has 0 unspecified atom stereocenters. The van der Waals surface area contributed by atoms with Gasteiger partial charge in [0.05, 0.1) is 18.5 Å². The number of hydrogen-bond donors (Lipinski definition) is 3. The Kier molecular flexibility index (Phi) is 11.6. The Morgan fingerprint density at radius 3 is 2.16 bits per heavy atom. The zero-order chi connectivity index (χ0) is 23.2. The molecule has 2 rings (SSSR count). The fraction of sp³-hybridized carbons (Fsp3) is 0.520. The second kappa shape index (κ2) is 14.4. The number of methoxy groups -OCH3 is 1. The van der Waals surface area contributed by atoms with E-state index in [0.29, 0.717) is 31.0 Å². The van der Waals surface area contributed by atoms with Crippen molar-refractivity contribution < 1.29 is 14.3 Å². The summed E-state index contributed by atoms with van der Waals surface area (Å²) in [5.74, 6) is 0.587. The van der Waals surface area contributed by atoms with E-state index in [4.69, 9.17) is 10.5 Å². The number of ketones is 2. The quantitative estimate of drug-likeness (QED) is 0.267. The van der Waals surface area contributed by atoms with Crippen molar-refractivity contribution in [2.75, 3.05) is 39.8 Å². The number of rotatable bonds is 16. The third-order valence-electron chi connectivity index (χ3n) is 5.53. The van der Waals surface area contributed by atoms with Gasteiger partial charge < -0.3 is 21.1 Å². The van der Waals surface area contributed by atoms with E-state index in [0.717, 1.165) is 63.1 Å². The predicted octanol–water partition coefficient (Wildman–Crippen LogP) is 2.53. The van der Waals surface area contributed by atoms with Crippen LogP contribution in [0.1, 0.15) is 44.6 Å². The number of nitrogens with one attached hydrogen (secondary N) is 2. The smallest absolute Gasteiger partial charge is 0.203 e. The van der Waals surface area contributed by atoms with Gasteiger partial charge in [0.1, 0.15) is 5.75 Å². The van der Waals surface area contributed by atoms with Crippen LogP contribution in [-0.4, -0.2) is 56.3 Å². The van der Waals surface area contributed by atoms with Gasteiger partial charge in [-0.2, -0.15) is 0 Å². The first-order chi connectivity index (χ1) is 15.6. The summed E-state index contributed by atoms with van der Waals surface area (Å²) in [6.45, 7) is 6.77. The van der Waals surface area contributed by atoms with Crippen molar-refractivity contribution in [1.29, 1.82) is 0 Å². The number of ether oxygens (including phenoxy) is 1. The Hall–Kier alpha value is -2.64. The minimum Gasteiger partial charge on any atom is -0.496 e. The van der Waals surface area contributed by atoms with E-state index in [2.05, 4.69) is 28.5 Å². The molecule has 7 nitrogen and oxygen atoms in total. The summed E-state index contributed by atoms with van der Waals surface area (Å²) in [7, 11) is 1.69. The van der Waals surface area contributed by atoms with Gasteiger partial charge in [-0.25, -0.2) is 0 Å². The highest BCUT2D eigenvalue weighted by Crippen LogP contribution is 2.19. The van der Waals surface area contributed by atoms with E-state index in [-0.39, 0.29) is 11.6 Å². The normalized spacial score (nSPS) is 13.8. The van der Waals surface area contributed by atoms with Crippen LogP contribution < -0.4 is 21.1 Å². The lowest BCUT2D eigenvalue weighted by molar-refractivity contribution is -0.115. The van der Waals surface area contributed by atoms with Crippen molar-refractivity contribution in [2.24, 2.45) is 5.73 Å². The standard InChI is InChI=1S/C25H38N4O3/c1-3-29(19-20-11-6-7-12-25(20)32-2)16-10-15-28-22-18-23(30)21(17-24(22)31)27-14-9-5-4-8-13-26/h6-7,11-12,17-18,27-28H,3-5,8-10,13-16,19,26H2,1-2H3. The molecule has 0 radical (unpaired) electrons. The Labute approximate surface area is 192 Å². The van der Waals surface area contributed by atoms with Crippen molar-refractivity contribution in [2.45, 2.75) is 45.6 Å². The molecular formula is C25H38N4O3. The molecule has 0 saturated heterocycles. The third kappa shape index (κ3) is 8.48. The molecule has 1 aromatic rings. The minimum atomic E-state index is -0.156. The first-order valence-corrected chi connectivity index (χ1v) is 11.6. The lowest BCUT2D eigenvalue weighted by Gasteiger charge is -2.22. The molecule has 0 spiro atoms. The average molecular weight is 443 g/mol. The summed E-state index contributed by atoms with van der Waals surface area (Å²) in [6, 6.07) is 8.04. The molecule has 32 heavy (non-hydrogen) atoms. The van der Waals surface area contributed by atoms with Crippen molar-refractivity contribution in [3.63, 3.8) is 0 Å².